The van der Waals surface area contributed by atoms with Gasteiger partial charge < -0.3 is 4.42 Å². The van der Waals surface area contributed by atoms with Gasteiger partial charge in [0.2, 0.25) is 0 Å². The van der Waals surface area contributed by atoms with Gasteiger partial charge in [0.15, 0.2) is 0 Å². The van der Waals surface area contributed by atoms with E-state index in [-0.39, 0.29) is 0 Å². The maximum absolute atomic E-state index is 6.06. The van der Waals surface area contributed by atoms with E-state index in [0.29, 0.717) is 0 Å². The summed E-state index contributed by atoms with van der Waals surface area (Å²) < 4.78 is 6.06. The fourth-order valence-electron chi connectivity index (χ4n) is 3.68. The summed E-state index contributed by atoms with van der Waals surface area (Å²) in [5.41, 5.74) is 5.66. The van der Waals surface area contributed by atoms with Crippen molar-refractivity contribution < 1.29 is 4.42 Å². The molecule has 0 amide bonds. The second-order valence-corrected chi connectivity index (χ2v) is 6.31. The highest BCUT2D eigenvalue weighted by molar-refractivity contribution is 6.15. The van der Waals surface area contributed by atoms with Crippen molar-refractivity contribution in [1.29, 1.82) is 0 Å². The first-order chi connectivity index (χ1) is 11.8. The Morgan fingerprint density at radius 2 is 1.38 bits per heavy atom. The highest BCUT2D eigenvalue weighted by Crippen LogP contribution is 2.39. The van der Waals surface area contributed by atoms with Gasteiger partial charge in [-0.15, -0.1) is 0 Å². The molecule has 1 heteroatoms. The molecular weight excluding hydrogens is 292 g/mol. The number of furan rings is 1. The lowest BCUT2D eigenvalue weighted by atomic mass is 9.93. The van der Waals surface area contributed by atoms with Crippen LogP contribution in [0.2, 0.25) is 0 Å². The van der Waals surface area contributed by atoms with Crippen molar-refractivity contribution in [1.82, 2.24) is 0 Å². The molecule has 0 spiro atoms. The number of aryl methyl sites for hydroxylation is 1. The molecule has 24 heavy (non-hydrogen) atoms. The maximum Gasteiger partial charge on any atom is 0.136 e. The van der Waals surface area contributed by atoms with Crippen LogP contribution < -0.4 is 0 Å². The van der Waals surface area contributed by atoms with Gasteiger partial charge in [0.1, 0.15) is 11.2 Å². The summed E-state index contributed by atoms with van der Waals surface area (Å²) in [4.78, 5) is 0. The van der Waals surface area contributed by atoms with Crippen molar-refractivity contribution in [3.63, 3.8) is 0 Å². The smallest absolute Gasteiger partial charge is 0.136 e. The van der Waals surface area contributed by atoms with Crippen LogP contribution in [0.15, 0.2) is 83.3 Å². The Morgan fingerprint density at radius 3 is 2.29 bits per heavy atom. The molecule has 0 fully saturated rings. The van der Waals surface area contributed by atoms with Gasteiger partial charge in [0.05, 0.1) is 0 Å². The highest BCUT2D eigenvalue weighted by Gasteiger charge is 2.14. The summed E-state index contributed by atoms with van der Waals surface area (Å²) >= 11 is 0. The van der Waals surface area contributed by atoms with Gasteiger partial charge in [0, 0.05) is 10.8 Å². The predicted octanol–water partition coefficient (Wildman–Crippen LogP) is 6.71. The molecular formula is C23H16O. The third-order valence-electron chi connectivity index (χ3n) is 4.70. The van der Waals surface area contributed by atoms with E-state index in [4.69, 9.17) is 4.42 Å². The van der Waals surface area contributed by atoms with Crippen molar-refractivity contribution in [2.24, 2.45) is 0 Å². The highest BCUT2D eigenvalue weighted by atomic mass is 16.3. The summed E-state index contributed by atoms with van der Waals surface area (Å²) in [7, 11) is 0. The molecule has 0 radical (unpaired) electrons. The molecule has 0 aliphatic heterocycles. The van der Waals surface area contributed by atoms with Crippen LogP contribution in [-0.4, -0.2) is 0 Å². The minimum absolute atomic E-state index is 0.942. The van der Waals surface area contributed by atoms with Gasteiger partial charge in [-0.1, -0.05) is 66.7 Å². The minimum atomic E-state index is 0.942. The van der Waals surface area contributed by atoms with Crippen molar-refractivity contribution in [3.05, 3.63) is 84.4 Å². The average molecular weight is 308 g/mol. The first-order valence-corrected chi connectivity index (χ1v) is 8.21. The van der Waals surface area contributed by atoms with Crippen LogP contribution in [0.5, 0.6) is 0 Å². The molecule has 114 valence electrons. The van der Waals surface area contributed by atoms with E-state index in [1.54, 1.807) is 0 Å². The van der Waals surface area contributed by atoms with Gasteiger partial charge in [-0.25, -0.2) is 0 Å². The third-order valence-corrected chi connectivity index (χ3v) is 4.70. The second kappa shape index (κ2) is 4.97. The van der Waals surface area contributed by atoms with Crippen LogP contribution in [0.25, 0.3) is 43.8 Å². The zero-order valence-electron chi connectivity index (χ0n) is 13.4. The lowest BCUT2D eigenvalue weighted by Gasteiger charge is -2.10. The minimum Gasteiger partial charge on any atom is -0.456 e. The Bertz CT molecular complexity index is 1210. The van der Waals surface area contributed by atoms with Gasteiger partial charge in [-0.3, -0.25) is 0 Å². The lowest BCUT2D eigenvalue weighted by molar-refractivity contribution is 0.669. The number of hydrogen-bond acceptors (Lipinski definition) is 1. The van der Waals surface area contributed by atoms with Crippen molar-refractivity contribution in [3.8, 4) is 11.1 Å². The molecule has 1 heterocycles. The molecule has 0 unspecified atom stereocenters. The normalized spacial score (nSPS) is 11.5. The number of para-hydroxylation sites is 1. The Morgan fingerprint density at radius 1 is 0.625 bits per heavy atom. The number of hydrogen-bond donors (Lipinski definition) is 0. The van der Waals surface area contributed by atoms with Crippen LogP contribution in [0.1, 0.15) is 5.56 Å². The zero-order chi connectivity index (χ0) is 16.1. The van der Waals surface area contributed by atoms with Gasteiger partial charge in [-0.2, -0.15) is 0 Å². The van der Waals surface area contributed by atoms with Crippen LogP contribution in [0, 0.1) is 6.92 Å². The summed E-state index contributed by atoms with van der Waals surface area (Å²) in [6.45, 7) is 2.16. The molecule has 0 aliphatic rings. The molecule has 0 N–H and O–H groups in total. The molecule has 0 aliphatic carbocycles. The van der Waals surface area contributed by atoms with Crippen molar-refractivity contribution in [2.75, 3.05) is 0 Å². The first-order valence-electron chi connectivity index (χ1n) is 8.21. The topological polar surface area (TPSA) is 13.1 Å². The van der Waals surface area contributed by atoms with Gasteiger partial charge in [0.25, 0.3) is 0 Å². The molecule has 0 bridgehead atoms. The molecule has 4 aromatic carbocycles. The Labute approximate surface area is 140 Å². The lowest BCUT2D eigenvalue weighted by Crippen LogP contribution is -1.85. The summed E-state index contributed by atoms with van der Waals surface area (Å²) in [6.07, 6.45) is 0. The van der Waals surface area contributed by atoms with E-state index >= 15 is 0 Å². The van der Waals surface area contributed by atoms with Crippen molar-refractivity contribution >= 4 is 32.7 Å². The van der Waals surface area contributed by atoms with Crippen LogP contribution in [0.3, 0.4) is 0 Å². The van der Waals surface area contributed by atoms with Gasteiger partial charge in [-0.05, 0) is 46.5 Å². The monoisotopic (exact) mass is 308 g/mol. The maximum atomic E-state index is 6.06. The molecule has 5 aromatic rings. The summed E-state index contributed by atoms with van der Waals surface area (Å²) in [5.74, 6) is 0. The van der Waals surface area contributed by atoms with Crippen LogP contribution >= 0.6 is 0 Å². The number of fused-ring (bicyclic) bond motifs is 4. The summed E-state index contributed by atoms with van der Waals surface area (Å²) in [6, 6.07) is 27.7. The van der Waals surface area contributed by atoms with E-state index in [1.807, 2.05) is 12.1 Å². The Kier molecular flexibility index (Phi) is 2.77. The molecule has 0 atom stereocenters. The van der Waals surface area contributed by atoms with E-state index in [2.05, 4.69) is 73.7 Å². The van der Waals surface area contributed by atoms with E-state index in [0.717, 1.165) is 11.2 Å². The zero-order valence-corrected chi connectivity index (χ0v) is 13.4. The fraction of sp³-hybridized carbons (Fsp3) is 0.0435. The second-order valence-electron chi connectivity index (χ2n) is 6.31. The van der Waals surface area contributed by atoms with E-state index in [1.165, 1.54) is 38.2 Å². The largest absolute Gasteiger partial charge is 0.456 e. The quantitative estimate of drug-likeness (QED) is 0.335. The summed E-state index contributed by atoms with van der Waals surface area (Å²) in [5, 5.41) is 4.93. The van der Waals surface area contributed by atoms with Gasteiger partial charge >= 0.3 is 0 Å². The SMILES string of the molecule is Cc1cc(-c2cccc3oc4ccccc4c23)c2ccccc2c1. The molecule has 5 rings (SSSR count). The standard InChI is InChI=1S/C23H16O/c1-15-13-16-7-2-3-8-17(16)20(14-15)18-10-6-12-22-23(18)19-9-4-5-11-21(19)24-22/h2-14H,1H3. The van der Waals surface area contributed by atoms with Crippen molar-refractivity contribution in [2.45, 2.75) is 6.92 Å². The van der Waals surface area contributed by atoms with E-state index < -0.39 is 0 Å². The Hall–Kier alpha value is -3.06. The third kappa shape index (κ3) is 1.88. The molecule has 0 saturated carbocycles. The number of rotatable bonds is 1. The van der Waals surface area contributed by atoms with Crippen LogP contribution in [0.4, 0.5) is 0 Å². The Balaban J connectivity index is 1.97. The molecule has 0 saturated heterocycles. The van der Waals surface area contributed by atoms with E-state index in [9.17, 15) is 0 Å². The van der Waals surface area contributed by atoms with Crippen LogP contribution in [-0.2, 0) is 0 Å². The first kappa shape index (κ1) is 13.4. The fourth-order valence-corrected chi connectivity index (χ4v) is 3.68. The number of benzene rings is 4. The predicted molar refractivity (Wildman–Crippen MR) is 101 cm³/mol. The average Bonchev–Trinajstić information content (AvgIpc) is 2.99. The molecule has 1 nitrogen and oxygen atoms in total. The molecule has 1 aromatic heterocycles.